The highest BCUT2D eigenvalue weighted by Crippen LogP contribution is 2.18. The fourth-order valence-electron chi connectivity index (χ4n) is 3.34. The van der Waals surface area contributed by atoms with E-state index in [0.717, 1.165) is 19.5 Å². The Morgan fingerprint density at radius 2 is 2.27 bits per heavy atom. The topological polar surface area (TPSA) is 63.5 Å². The van der Waals surface area contributed by atoms with Crippen molar-refractivity contribution in [3.05, 3.63) is 12.7 Å². The van der Waals surface area contributed by atoms with Crippen LogP contribution >= 0.6 is 0 Å². The molecule has 22 heavy (non-hydrogen) atoms. The minimum Gasteiger partial charge on any atom is -0.375 e. The zero-order valence-corrected chi connectivity index (χ0v) is 13.2. The van der Waals surface area contributed by atoms with Crippen LogP contribution in [-0.4, -0.2) is 75.4 Å². The van der Waals surface area contributed by atoms with Crippen LogP contribution in [0.5, 0.6) is 0 Å². The van der Waals surface area contributed by atoms with Crippen molar-refractivity contribution in [3.63, 3.8) is 0 Å². The molecular formula is C15H25N5O2. The number of hydrogen-bond donors (Lipinski definition) is 0. The van der Waals surface area contributed by atoms with Crippen molar-refractivity contribution in [3.8, 4) is 0 Å². The van der Waals surface area contributed by atoms with E-state index in [1.54, 1.807) is 12.7 Å². The molecule has 0 aliphatic carbocycles. The van der Waals surface area contributed by atoms with Crippen molar-refractivity contribution in [2.75, 3.05) is 32.8 Å². The molecule has 2 aliphatic heterocycles. The van der Waals surface area contributed by atoms with E-state index in [9.17, 15) is 4.79 Å². The quantitative estimate of drug-likeness (QED) is 0.805. The van der Waals surface area contributed by atoms with Crippen molar-refractivity contribution in [1.29, 1.82) is 0 Å². The summed E-state index contributed by atoms with van der Waals surface area (Å²) in [7, 11) is 0. The van der Waals surface area contributed by atoms with Crippen LogP contribution in [0.3, 0.4) is 0 Å². The lowest BCUT2D eigenvalue weighted by Gasteiger charge is -2.37. The molecule has 1 aromatic rings. The van der Waals surface area contributed by atoms with Crippen LogP contribution in [0.25, 0.3) is 0 Å². The molecule has 1 aromatic heterocycles. The van der Waals surface area contributed by atoms with Gasteiger partial charge in [0.15, 0.2) is 0 Å². The Bertz CT molecular complexity index is 478. The number of carbonyl (C=O) groups is 1. The third kappa shape index (κ3) is 3.84. The van der Waals surface area contributed by atoms with Crippen LogP contribution in [0.2, 0.25) is 0 Å². The first kappa shape index (κ1) is 15.4. The molecule has 0 N–H and O–H groups in total. The maximum Gasteiger partial charge on any atom is 0.236 e. The van der Waals surface area contributed by atoms with Gasteiger partial charge in [-0.25, -0.2) is 4.98 Å². The standard InChI is InChI=1S/C15H25N5O2/c1-13-8-19(6-7-22-13)15(21)10-18-5-3-2-4-14(18)9-20-12-16-11-17-20/h11-14H,2-10H2,1H3/t13-,14-/m0/s1. The molecule has 2 aliphatic rings. The van der Waals surface area contributed by atoms with Crippen LogP contribution in [0, 0.1) is 0 Å². The maximum absolute atomic E-state index is 12.6. The molecule has 3 rings (SSSR count). The second kappa shape index (κ2) is 7.19. The molecule has 0 unspecified atom stereocenters. The van der Waals surface area contributed by atoms with Gasteiger partial charge in [-0.2, -0.15) is 5.10 Å². The van der Waals surface area contributed by atoms with Gasteiger partial charge in [-0.3, -0.25) is 14.4 Å². The van der Waals surface area contributed by atoms with Crippen LogP contribution in [0.4, 0.5) is 0 Å². The van der Waals surface area contributed by atoms with Gasteiger partial charge in [0, 0.05) is 19.1 Å². The van der Waals surface area contributed by atoms with Crippen LogP contribution < -0.4 is 0 Å². The molecule has 122 valence electrons. The highest BCUT2D eigenvalue weighted by molar-refractivity contribution is 5.78. The smallest absolute Gasteiger partial charge is 0.236 e. The number of aromatic nitrogens is 3. The number of rotatable bonds is 4. The molecule has 0 saturated carbocycles. The average molecular weight is 307 g/mol. The van der Waals surface area contributed by atoms with Gasteiger partial charge in [-0.15, -0.1) is 0 Å². The molecule has 3 heterocycles. The fraction of sp³-hybridized carbons (Fsp3) is 0.800. The summed E-state index contributed by atoms with van der Waals surface area (Å²) in [5.74, 6) is 0.223. The number of morpholine rings is 1. The van der Waals surface area contributed by atoms with E-state index < -0.39 is 0 Å². The molecule has 7 heteroatoms. The van der Waals surface area contributed by atoms with Gasteiger partial charge >= 0.3 is 0 Å². The van der Waals surface area contributed by atoms with Crippen LogP contribution in [0.15, 0.2) is 12.7 Å². The lowest BCUT2D eigenvalue weighted by atomic mass is 10.0. The van der Waals surface area contributed by atoms with Gasteiger partial charge in [0.1, 0.15) is 12.7 Å². The number of amides is 1. The zero-order chi connectivity index (χ0) is 15.4. The van der Waals surface area contributed by atoms with Crippen molar-refractivity contribution in [2.45, 2.75) is 44.9 Å². The Kier molecular flexibility index (Phi) is 5.04. The summed E-state index contributed by atoms with van der Waals surface area (Å²) in [6.07, 6.45) is 6.96. The van der Waals surface area contributed by atoms with Crippen molar-refractivity contribution >= 4 is 5.91 Å². The molecule has 0 bridgehead atoms. The number of piperidine rings is 1. The van der Waals surface area contributed by atoms with E-state index in [2.05, 4.69) is 15.0 Å². The van der Waals surface area contributed by atoms with Crippen molar-refractivity contribution in [2.24, 2.45) is 0 Å². The number of nitrogens with zero attached hydrogens (tertiary/aromatic N) is 5. The highest BCUT2D eigenvalue weighted by atomic mass is 16.5. The van der Waals surface area contributed by atoms with E-state index >= 15 is 0 Å². The second-order valence-electron chi connectivity index (χ2n) is 6.26. The van der Waals surface area contributed by atoms with Gasteiger partial charge in [0.2, 0.25) is 5.91 Å². The summed E-state index contributed by atoms with van der Waals surface area (Å²) in [6.45, 7) is 6.40. The summed E-state index contributed by atoms with van der Waals surface area (Å²) < 4.78 is 7.38. The average Bonchev–Trinajstić information content (AvgIpc) is 3.02. The molecule has 2 atom stereocenters. The van der Waals surface area contributed by atoms with Crippen molar-refractivity contribution < 1.29 is 9.53 Å². The number of carbonyl (C=O) groups excluding carboxylic acids is 1. The lowest BCUT2D eigenvalue weighted by Crippen LogP contribution is -2.51. The van der Waals surface area contributed by atoms with Crippen molar-refractivity contribution in [1.82, 2.24) is 24.6 Å². The number of likely N-dealkylation sites (tertiary alicyclic amines) is 1. The van der Waals surface area contributed by atoms with Gasteiger partial charge < -0.3 is 9.64 Å². The monoisotopic (exact) mass is 307 g/mol. The van der Waals surface area contributed by atoms with E-state index in [1.165, 1.54) is 12.8 Å². The molecule has 0 radical (unpaired) electrons. The summed E-state index contributed by atoms with van der Waals surface area (Å²) in [5.41, 5.74) is 0. The van der Waals surface area contributed by atoms with Gasteiger partial charge in [0.05, 0.1) is 25.8 Å². The normalized spacial score (nSPS) is 27.0. The Morgan fingerprint density at radius 3 is 3.05 bits per heavy atom. The highest BCUT2D eigenvalue weighted by Gasteiger charge is 2.28. The first-order valence-electron chi connectivity index (χ1n) is 8.18. The first-order valence-corrected chi connectivity index (χ1v) is 8.18. The molecule has 0 spiro atoms. The predicted octanol–water partition coefficient (Wildman–Crippen LogP) is 0.380. The van der Waals surface area contributed by atoms with E-state index in [0.29, 0.717) is 32.3 Å². The van der Waals surface area contributed by atoms with Crippen LogP contribution in [-0.2, 0) is 16.1 Å². The SMILES string of the molecule is C[C@H]1CN(C(=O)CN2CCCC[C@H]2Cn2cncn2)CCO1. The molecule has 1 amide bonds. The van der Waals surface area contributed by atoms with Gasteiger partial charge in [-0.05, 0) is 26.3 Å². The number of ether oxygens (including phenoxy) is 1. The minimum absolute atomic E-state index is 0.144. The number of hydrogen-bond acceptors (Lipinski definition) is 5. The van der Waals surface area contributed by atoms with Crippen LogP contribution in [0.1, 0.15) is 26.2 Å². The zero-order valence-electron chi connectivity index (χ0n) is 13.2. The Labute approximate surface area is 131 Å². The Morgan fingerprint density at radius 1 is 1.36 bits per heavy atom. The predicted molar refractivity (Wildman–Crippen MR) is 81.2 cm³/mol. The lowest BCUT2D eigenvalue weighted by molar-refractivity contribution is -0.140. The Hall–Kier alpha value is -1.47. The third-order valence-electron chi connectivity index (χ3n) is 4.55. The molecule has 7 nitrogen and oxygen atoms in total. The van der Waals surface area contributed by atoms with E-state index in [4.69, 9.17) is 4.74 Å². The summed E-state index contributed by atoms with van der Waals surface area (Å²) in [6, 6.07) is 0.373. The summed E-state index contributed by atoms with van der Waals surface area (Å²) in [4.78, 5) is 20.8. The first-order chi connectivity index (χ1) is 10.7. The summed E-state index contributed by atoms with van der Waals surface area (Å²) in [5, 5.41) is 4.19. The van der Waals surface area contributed by atoms with E-state index in [1.807, 2.05) is 16.5 Å². The fourth-order valence-corrected chi connectivity index (χ4v) is 3.34. The maximum atomic E-state index is 12.6. The second-order valence-corrected chi connectivity index (χ2v) is 6.26. The van der Waals surface area contributed by atoms with E-state index in [-0.39, 0.29) is 12.0 Å². The summed E-state index contributed by atoms with van der Waals surface area (Å²) >= 11 is 0. The largest absolute Gasteiger partial charge is 0.375 e. The molecule has 2 fully saturated rings. The van der Waals surface area contributed by atoms with Gasteiger partial charge in [-0.1, -0.05) is 6.42 Å². The molecular weight excluding hydrogens is 282 g/mol. The molecule has 0 aromatic carbocycles. The van der Waals surface area contributed by atoms with Gasteiger partial charge in [0.25, 0.3) is 0 Å². The Balaban J connectivity index is 1.57. The minimum atomic E-state index is 0.144. The molecule has 2 saturated heterocycles. The third-order valence-corrected chi connectivity index (χ3v) is 4.55.